The van der Waals surface area contributed by atoms with Crippen LogP contribution in [0.15, 0.2) is 0 Å². The third-order valence-electron chi connectivity index (χ3n) is 5.26. The molecule has 4 fully saturated rings. The Hall–Kier alpha value is 0.380. The van der Waals surface area contributed by atoms with Gasteiger partial charge in [-0.25, -0.2) is 0 Å². The van der Waals surface area contributed by atoms with Crippen LogP contribution < -0.4 is 5.32 Å². The molecule has 0 radical (unpaired) electrons. The SMILES string of the molecule is CCC(=O)OC12CC3CC(CC(NC(=O)C(Br)(Br)Br)(C3)C1)C2. The van der Waals surface area contributed by atoms with E-state index in [1.165, 1.54) is 6.42 Å². The molecule has 0 aromatic rings. The highest BCUT2D eigenvalue weighted by atomic mass is 80.0. The number of esters is 1. The molecule has 2 atom stereocenters. The van der Waals surface area contributed by atoms with Crippen molar-refractivity contribution in [3.05, 3.63) is 0 Å². The van der Waals surface area contributed by atoms with Crippen molar-refractivity contribution in [1.82, 2.24) is 5.32 Å². The van der Waals surface area contributed by atoms with Gasteiger partial charge in [-0.3, -0.25) is 9.59 Å². The number of hydrogen-bond acceptors (Lipinski definition) is 3. The minimum atomic E-state index is -0.941. The van der Waals surface area contributed by atoms with Gasteiger partial charge in [0, 0.05) is 18.4 Å². The predicted octanol–water partition coefficient (Wildman–Crippen LogP) is 3.99. The number of alkyl halides is 3. The van der Waals surface area contributed by atoms with Gasteiger partial charge < -0.3 is 10.1 Å². The lowest BCUT2D eigenvalue weighted by atomic mass is 9.51. The number of carbonyl (C=O) groups is 2. The van der Waals surface area contributed by atoms with Crippen molar-refractivity contribution in [2.24, 2.45) is 11.8 Å². The maximum absolute atomic E-state index is 12.4. The molecule has 4 aliphatic rings. The van der Waals surface area contributed by atoms with Crippen molar-refractivity contribution in [3.63, 3.8) is 0 Å². The molecule has 1 N–H and O–H groups in total. The number of rotatable bonds is 3. The summed E-state index contributed by atoms with van der Waals surface area (Å²) < 4.78 is 4.93. The lowest BCUT2D eigenvalue weighted by molar-refractivity contribution is -0.192. The molecule has 0 aliphatic heterocycles. The molecule has 4 saturated carbocycles. The first-order valence-electron chi connectivity index (χ1n) is 7.76. The molecule has 0 heterocycles. The van der Waals surface area contributed by atoms with Crippen LogP contribution in [0.4, 0.5) is 0 Å². The van der Waals surface area contributed by atoms with Gasteiger partial charge in [-0.1, -0.05) is 6.92 Å². The van der Waals surface area contributed by atoms with Gasteiger partial charge in [0.2, 0.25) is 2.14 Å². The largest absolute Gasteiger partial charge is 0.459 e. The van der Waals surface area contributed by atoms with Crippen LogP contribution in [-0.4, -0.2) is 25.2 Å². The summed E-state index contributed by atoms with van der Waals surface area (Å²) in [5.74, 6) is 0.828. The minimum Gasteiger partial charge on any atom is -0.459 e. The Kier molecular flexibility index (Phi) is 4.48. The minimum absolute atomic E-state index is 0.126. The van der Waals surface area contributed by atoms with E-state index in [1.54, 1.807) is 0 Å². The van der Waals surface area contributed by atoms with E-state index in [0.717, 1.165) is 32.1 Å². The first-order valence-corrected chi connectivity index (χ1v) is 10.1. The van der Waals surface area contributed by atoms with Crippen LogP contribution in [0.2, 0.25) is 0 Å². The molecule has 0 aromatic heterocycles. The van der Waals surface area contributed by atoms with Gasteiger partial charge in [0.15, 0.2) is 0 Å². The number of hydrogen-bond donors (Lipinski definition) is 1. The van der Waals surface area contributed by atoms with Gasteiger partial charge in [0.05, 0.1) is 0 Å². The first kappa shape index (κ1) is 17.2. The molecular formula is C15H20Br3NO3. The summed E-state index contributed by atoms with van der Waals surface area (Å²) in [6.45, 7) is 1.83. The number of amides is 1. The number of ether oxygens (including phenoxy) is 1. The van der Waals surface area contributed by atoms with E-state index in [1.807, 2.05) is 6.92 Å². The van der Waals surface area contributed by atoms with Crippen molar-refractivity contribution >= 4 is 59.7 Å². The summed E-state index contributed by atoms with van der Waals surface area (Å²) >= 11 is 9.85. The van der Waals surface area contributed by atoms with E-state index in [4.69, 9.17) is 4.74 Å². The van der Waals surface area contributed by atoms with Crippen molar-refractivity contribution in [2.45, 2.75) is 65.2 Å². The first-order chi connectivity index (χ1) is 10.2. The highest BCUT2D eigenvalue weighted by Gasteiger charge is 2.60. The Bertz CT molecular complexity index is 489. The second-order valence-corrected chi connectivity index (χ2v) is 14.0. The van der Waals surface area contributed by atoms with E-state index in [-0.39, 0.29) is 23.0 Å². The molecule has 1 amide bonds. The molecule has 4 nitrogen and oxygen atoms in total. The molecule has 22 heavy (non-hydrogen) atoms. The average molecular weight is 502 g/mol. The Morgan fingerprint density at radius 1 is 1.18 bits per heavy atom. The second kappa shape index (κ2) is 5.73. The van der Waals surface area contributed by atoms with Crippen LogP contribution in [0.3, 0.4) is 0 Å². The highest BCUT2D eigenvalue weighted by Crippen LogP contribution is 2.59. The molecule has 4 rings (SSSR count). The van der Waals surface area contributed by atoms with Gasteiger partial charge in [-0.05, 0) is 91.7 Å². The average Bonchev–Trinajstić information content (AvgIpc) is 2.34. The van der Waals surface area contributed by atoms with Gasteiger partial charge in [0.25, 0.3) is 5.91 Å². The standard InChI is InChI=1S/C15H20Br3NO3/c1-2-11(20)22-14-6-9-3-10(7-14)5-13(4-9,8-14)19-12(21)15(16,17)18/h9-10H,2-8H2,1H3,(H,19,21). The summed E-state index contributed by atoms with van der Waals surface area (Å²) in [5, 5.41) is 3.21. The van der Waals surface area contributed by atoms with Crippen LogP contribution in [0.1, 0.15) is 51.9 Å². The van der Waals surface area contributed by atoms with Gasteiger partial charge in [0.1, 0.15) is 5.60 Å². The molecular weight excluding hydrogens is 482 g/mol. The second-order valence-electron chi connectivity index (χ2n) is 7.20. The van der Waals surface area contributed by atoms with Gasteiger partial charge in [-0.2, -0.15) is 0 Å². The van der Waals surface area contributed by atoms with E-state index in [2.05, 4.69) is 53.1 Å². The Morgan fingerprint density at radius 3 is 2.27 bits per heavy atom. The molecule has 4 aliphatic carbocycles. The fraction of sp³-hybridized carbons (Fsp3) is 0.867. The van der Waals surface area contributed by atoms with E-state index in [9.17, 15) is 9.59 Å². The number of halogens is 3. The smallest absolute Gasteiger partial charge is 0.306 e. The van der Waals surface area contributed by atoms with E-state index >= 15 is 0 Å². The quantitative estimate of drug-likeness (QED) is 0.470. The van der Waals surface area contributed by atoms with Crippen molar-refractivity contribution < 1.29 is 14.3 Å². The van der Waals surface area contributed by atoms with Crippen LogP contribution >= 0.6 is 47.8 Å². The Balaban J connectivity index is 1.82. The summed E-state index contributed by atoms with van der Waals surface area (Å²) in [6.07, 6.45) is 6.24. The third kappa shape index (κ3) is 3.27. The Morgan fingerprint density at radius 2 is 1.77 bits per heavy atom. The molecule has 0 saturated heterocycles. The predicted molar refractivity (Wildman–Crippen MR) is 94.2 cm³/mol. The molecule has 7 heteroatoms. The maximum Gasteiger partial charge on any atom is 0.306 e. The zero-order valence-corrected chi connectivity index (χ0v) is 17.2. The molecule has 0 spiro atoms. The van der Waals surface area contributed by atoms with E-state index < -0.39 is 2.14 Å². The normalized spacial score (nSPS) is 39.6. The summed E-state index contributed by atoms with van der Waals surface area (Å²) in [7, 11) is 0. The van der Waals surface area contributed by atoms with Crippen LogP contribution in [0.25, 0.3) is 0 Å². The summed E-state index contributed by atoms with van der Waals surface area (Å²) in [6, 6.07) is 0. The van der Waals surface area contributed by atoms with Crippen LogP contribution in [0.5, 0.6) is 0 Å². The maximum atomic E-state index is 12.4. The van der Waals surface area contributed by atoms with E-state index in [0.29, 0.717) is 18.3 Å². The monoisotopic (exact) mass is 499 g/mol. The summed E-state index contributed by atoms with van der Waals surface area (Å²) in [5.41, 5.74) is -0.603. The topological polar surface area (TPSA) is 55.4 Å². The van der Waals surface area contributed by atoms with Gasteiger partial charge >= 0.3 is 5.97 Å². The van der Waals surface area contributed by atoms with Crippen molar-refractivity contribution in [2.75, 3.05) is 0 Å². The summed E-state index contributed by atoms with van der Waals surface area (Å²) in [4.78, 5) is 24.2. The van der Waals surface area contributed by atoms with Crippen molar-refractivity contribution in [3.8, 4) is 0 Å². The zero-order valence-electron chi connectivity index (χ0n) is 12.5. The number of carbonyl (C=O) groups excluding carboxylic acids is 2. The Labute approximate surface area is 155 Å². The highest BCUT2D eigenvalue weighted by molar-refractivity contribution is 9.40. The fourth-order valence-corrected chi connectivity index (χ4v) is 5.37. The number of nitrogens with one attached hydrogen (secondary N) is 1. The lowest BCUT2D eigenvalue weighted by Crippen LogP contribution is -2.67. The molecule has 0 aromatic carbocycles. The fourth-order valence-electron chi connectivity index (χ4n) is 5.07. The third-order valence-corrected chi connectivity index (χ3v) is 6.34. The van der Waals surface area contributed by atoms with Crippen LogP contribution in [-0.2, 0) is 14.3 Å². The lowest BCUT2D eigenvalue weighted by Gasteiger charge is -2.61. The molecule has 124 valence electrons. The molecule has 4 bridgehead atoms. The van der Waals surface area contributed by atoms with Crippen molar-refractivity contribution in [1.29, 1.82) is 0 Å². The zero-order chi connectivity index (χ0) is 16.2. The molecule has 2 unspecified atom stereocenters. The van der Waals surface area contributed by atoms with Crippen LogP contribution in [0, 0.1) is 11.8 Å². The van der Waals surface area contributed by atoms with Gasteiger partial charge in [-0.15, -0.1) is 0 Å².